The number of hydrogen-bond acceptors (Lipinski definition) is 7. The van der Waals surface area contributed by atoms with Gasteiger partial charge in [-0.25, -0.2) is 9.97 Å². The molecule has 2 atom stereocenters. The molecular weight excluding hydrogens is 334 g/mol. The summed E-state index contributed by atoms with van der Waals surface area (Å²) in [5.74, 6) is 0.830. The van der Waals surface area contributed by atoms with E-state index in [1.165, 1.54) is 4.88 Å². The Morgan fingerprint density at radius 3 is 3.08 bits per heavy atom. The number of fused-ring (bicyclic) bond motifs is 1. The molecule has 4 heterocycles. The molecule has 0 saturated carbocycles. The first kappa shape index (κ1) is 16.4. The number of pyridine rings is 1. The largest absolute Gasteiger partial charge is 0.376 e. The molecule has 0 spiro atoms. The fourth-order valence-corrected chi connectivity index (χ4v) is 4.03. The molecule has 3 aromatic rings. The first-order chi connectivity index (χ1) is 12.3. The van der Waals surface area contributed by atoms with E-state index in [-0.39, 0.29) is 6.10 Å². The van der Waals surface area contributed by atoms with Crippen LogP contribution in [0.2, 0.25) is 0 Å². The highest BCUT2D eigenvalue weighted by Crippen LogP contribution is 2.27. The molecule has 6 nitrogen and oxygen atoms in total. The average molecular weight is 355 g/mol. The zero-order chi connectivity index (χ0) is 17.1. The van der Waals surface area contributed by atoms with Gasteiger partial charge in [0.25, 0.3) is 0 Å². The third kappa shape index (κ3) is 3.78. The van der Waals surface area contributed by atoms with Gasteiger partial charge in [-0.1, -0.05) is 6.07 Å². The lowest BCUT2D eigenvalue weighted by Crippen LogP contribution is -2.44. The van der Waals surface area contributed by atoms with E-state index < -0.39 is 0 Å². The Morgan fingerprint density at radius 1 is 1.32 bits per heavy atom. The molecule has 4 rings (SSSR count). The smallest absolute Gasteiger partial charge is 0.180 e. The summed E-state index contributed by atoms with van der Waals surface area (Å²) in [7, 11) is 0. The van der Waals surface area contributed by atoms with Crippen molar-refractivity contribution in [2.24, 2.45) is 0 Å². The van der Waals surface area contributed by atoms with Crippen LogP contribution in [0, 0.1) is 0 Å². The number of morpholine rings is 1. The summed E-state index contributed by atoms with van der Waals surface area (Å²) < 4.78 is 5.70. The van der Waals surface area contributed by atoms with Crippen molar-refractivity contribution < 1.29 is 4.74 Å². The van der Waals surface area contributed by atoms with Crippen molar-refractivity contribution in [3.8, 4) is 0 Å². The Labute approximate surface area is 150 Å². The summed E-state index contributed by atoms with van der Waals surface area (Å²) in [6.45, 7) is 5.61. The van der Waals surface area contributed by atoms with Gasteiger partial charge in [-0.2, -0.15) is 0 Å². The normalized spacial score (nSPS) is 19.8. The van der Waals surface area contributed by atoms with E-state index in [4.69, 9.17) is 4.74 Å². The lowest BCUT2D eigenvalue weighted by molar-refractivity contribution is -0.0322. The quantitative estimate of drug-likeness (QED) is 0.759. The summed E-state index contributed by atoms with van der Waals surface area (Å²) in [5, 5.41) is 5.62. The number of thiophene rings is 1. The van der Waals surface area contributed by atoms with Gasteiger partial charge >= 0.3 is 0 Å². The van der Waals surface area contributed by atoms with E-state index in [0.717, 1.165) is 37.6 Å². The summed E-state index contributed by atoms with van der Waals surface area (Å²) in [6.07, 6.45) is 3.62. The maximum Gasteiger partial charge on any atom is 0.180 e. The van der Waals surface area contributed by atoms with E-state index in [9.17, 15) is 0 Å². The van der Waals surface area contributed by atoms with E-state index in [1.54, 1.807) is 23.7 Å². The van der Waals surface area contributed by atoms with Gasteiger partial charge in [-0.15, -0.1) is 11.3 Å². The van der Waals surface area contributed by atoms with Crippen LogP contribution in [-0.4, -0.2) is 52.2 Å². The SMILES string of the molecule is CC1CN(C(CNc2ccc3nccnc3n2)c2cccs2)CCO1. The molecule has 1 aliphatic heterocycles. The van der Waals surface area contributed by atoms with Crippen molar-refractivity contribution in [1.29, 1.82) is 0 Å². The molecule has 0 aliphatic carbocycles. The third-order valence-corrected chi connectivity index (χ3v) is 5.37. The van der Waals surface area contributed by atoms with Gasteiger partial charge in [-0.3, -0.25) is 9.88 Å². The monoisotopic (exact) mass is 355 g/mol. The fourth-order valence-electron chi connectivity index (χ4n) is 3.17. The Bertz CT molecular complexity index is 825. The molecule has 25 heavy (non-hydrogen) atoms. The minimum Gasteiger partial charge on any atom is -0.376 e. The number of anilines is 1. The molecular formula is C18H21N5OS. The first-order valence-corrected chi connectivity index (χ1v) is 9.38. The van der Waals surface area contributed by atoms with Gasteiger partial charge in [-0.05, 0) is 30.5 Å². The molecule has 1 N–H and O–H groups in total. The predicted molar refractivity (Wildman–Crippen MR) is 99.9 cm³/mol. The van der Waals surface area contributed by atoms with Crippen molar-refractivity contribution in [3.05, 3.63) is 46.9 Å². The second-order valence-corrected chi connectivity index (χ2v) is 7.16. The maximum absolute atomic E-state index is 5.70. The number of nitrogens with zero attached hydrogens (tertiary/aromatic N) is 4. The zero-order valence-electron chi connectivity index (χ0n) is 14.1. The zero-order valence-corrected chi connectivity index (χ0v) is 14.9. The second kappa shape index (κ2) is 7.43. The van der Waals surface area contributed by atoms with Gasteiger partial charge in [0.1, 0.15) is 11.3 Å². The molecule has 3 aromatic heterocycles. The van der Waals surface area contributed by atoms with Crippen molar-refractivity contribution in [3.63, 3.8) is 0 Å². The number of nitrogens with one attached hydrogen (secondary N) is 1. The van der Waals surface area contributed by atoms with Crippen LogP contribution in [-0.2, 0) is 4.74 Å². The van der Waals surface area contributed by atoms with Crippen LogP contribution in [0.25, 0.3) is 11.2 Å². The fraction of sp³-hybridized carbons (Fsp3) is 0.389. The maximum atomic E-state index is 5.70. The van der Waals surface area contributed by atoms with Crippen LogP contribution in [0.5, 0.6) is 0 Å². The predicted octanol–water partition coefficient (Wildman–Crippen LogP) is 2.96. The van der Waals surface area contributed by atoms with Gasteiger partial charge in [0.15, 0.2) is 5.65 Å². The number of ether oxygens (including phenoxy) is 1. The molecule has 1 fully saturated rings. The van der Waals surface area contributed by atoms with Crippen LogP contribution >= 0.6 is 11.3 Å². The Morgan fingerprint density at radius 2 is 2.24 bits per heavy atom. The molecule has 0 radical (unpaired) electrons. The molecule has 0 bridgehead atoms. The van der Waals surface area contributed by atoms with Crippen molar-refractivity contribution in [2.45, 2.75) is 19.1 Å². The summed E-state index contributed by atoms with van der Waals surface area (Å²) in [4.78, 5) is 17.0. The number of rotatable bonds is 5. The van der Waals surface area contributed by atoms with Gasteiger partial charge in [0.05, 0.1) is 18.8 Å². The van der Waals surface area contributed by atoms with E-state index >= 15 is 0 Å². The Balaban J connectivity index is 1.51. The summed E-state index contributed by atoms with van der Waals surface area (Å²) >= 11 is 1.80. The van der Waals surface area contributed by atoms with E-state index in [1.807, 2.05) is 12.1 Å². The van der Waals surface area contributed by atoms with Crippen molar-refractivity contribution in [2.75, 3.05) is 31.6 Å². The molecule has 1 saturated heterocycles. The summed E-state index contributed by atoms with van der Waals surface area (Å²) in [5.41, 5.74) is 1.48. The van der Waals surface area contributed by atoms with Gasteiger partial charge < -0.3 is 10.1 Å². The van der Waals surface area contributed by atoms with Crippen LogP contribution in [0.3, 0.4) is 0 Å². The Kier molecular flexibility index (Phi) is 4.87. The van der Waals surface area contributed by atoms with E-state index in [2.05, 4.69) is 49.6 Å². The molecule has 130 valence electrons. The van der Waals surface area contributed by atoms with E-state index in [0.29, 0.717) is 11.7 Å². The van der Waals surface area contributed by atoms with Crippen LogP contribution < -0.4 is 5.32 Å². The number of aromatic nitrogens is 3. The van der Waals surface area contributed by atoms with Crippen LogP contribution in [0.15, 0.2) is 42.0 Å². The molecule has 0 amide bonds. The minimum atomic E-state index is 0.269. The topological polar surface area (TPSA) is 63.2 Å². The van der Waals surface area contributed by atoms with Crippen LogP contribution in [0.4, 0.5) is 5.82 Å². The highest BCUT2D eigenvalue weighted by Gasteiger charge is 2.26. The van der Waals surface area contributed by atoms with Crippen molar-refractivity contribution >= 4 is 28.3 Å². The molecule has 1 aliphatic rings. The molecule has 0 aromatic carbocycles. The van der Waals surface area contributed by atoms with Gasteiger partial charge in [0.2, 0.25) is 0 Å². The lowest BCUT2D eigenvalue weighted by Gasteiger charge is -2.37. The second-order valence-electron chi connectivity index (χ2n) is 6.18. The van der Waals surface area contributed by atoms with Crippen molar-refractivity contribution in [1.82, 2.24) is 19.9 Å². The highest BCUT2D eigenvalue weighted by molar-refractivity contribution is 7.10. The first-order valence-electron chi connectivity index (χ1n) is 8.50. The molecule has 2 unspecified atom stereocenters. The number of hydrogen-bond donors (Lipinski definition) is 1. The van der Waals surface area contributed by atoms with Gasteiger partial charge in [0, 0.05) is 36.9 Å². The average Bonchev–Trinajstić information content (AvgIpc) is 3.16. The molecule has 7 heteroatoms. The highest BCUT2D eigenvalue weighted by atomic mass is 32.1. The minimum absolute atomic E-state index is 0.269. The van der Waals surface area contributed by atoms with Crippen LogP contribution in [0.1, 0.15) is 17.8 Å². The third-order valence-electron chi connectivity index (χ3n) is 4.39. The Hall–Kier alpha value is -2.09. The standard InChI is InChI=1S/C18H21N5OS/c1-13-12-23(8-9-24-13)15(16-3-2-10-25-16)11-21-17-5-4-14-18(22-17)20-7-6-19-14/h2-7,10,13,15H,8-9,11-12H2,1H3,(H,20,21,22). The summed E-state index contributed by atoms with van der Waals surface area (Å²) in [6, 6.07) is 8.54. The lowest BCUT2D eigenvalue weighted by atomic mass is 10.1.